The van der Waals surface area contributed by atoms with E-state index < -0.39 is 0 Å². The fourth-order valence-corrected chi connectivity index (χ4v) is 2.97. The number of hydrogen-bond acceptors (Lipinski definition) is 7. The molecule has 0 aliphatic rings. The zero-order chi connectivity index (χ0) is 19.6. The normalized spacial score (nSPS) is 10.9. The van der Waals surface area contributed by atoms with Gasteiger partial charge in [0.2, 0.25) is 0 Å². The zero-order valence-electron chi connectivity index (χ0n) is 15.6. The number of pyridine rings is 1. The van der Waals surface area contributed by atoms with Crippen LogP contribution in [0.25, 0.3) is 22.4 Å². The van der Waals surface area contributed by atoms with Crippen molar-refractivity contribution in [1.82, 2.24) is 15.0 Å². The van der Waals surface area contributed by atoms with Gasteiger partial charge in [-0.2, -0.15) is 4.98 Å². The number of fused-ring (bicyclic) bond motifs is 1. The van der Waals surface area contributed by atoms with Gasteiger partial charge < -0.3 is 19.5 Å². The van der Waals surface area contributed by atoms with E-state index in [2.05, 4.69) is 25.6 Å². The van der Waals surface area contributed by atoms with Crippen LogP contribution in [-0.4, -0.2) is 15.0 Å². The van der Waals surface area contributed by atoms with Crippen LogP contribution in [0, 0.1) is 6.92 Å². The van der Waals surface area contributed by atoms with Crippen LogP contribution in [0.1, 0.15) is 5.56 Å². The maximum Gasteiger partial charge on any atom is 0.300 e. The largest absolute Gasteiger partial charge is 0.423 e. The van der Waals surface area contributed by atoms with Crippen molar-refractivity contribution in [2.24, 2.45) is 0 Å². The van der Waals surface area contributed by atoms with Gasteiger partial charge in [-0.1, -0.05) is 18.2 Å². The second kappa shape index (κ2) is 7.12. The summed E-state index contributed by atoms with van der Waals surface area (Å²) in [6, 6.07) is 18.2. The topological polar surface area (TPSA) is 89.0 Å². The number of nitrogens with zero attached hydrogens (tertiary/aromatic N) is 3. The minimum Gasteiger partial charge on any atom is -0.423 e. The van der Waals surface area contributed by atoms with Crippen LogP contribution in [0.4, 0.5) is 23.4 Å². The highest BCUT2D eigenvalue weighted by molar-refractivity contribution is 5.75. The van der Waals surface area contributed by atoms with Crippen molar-refractivity contribution in [3.05, 3.63) is 78.8 Å². The summed E-state index contributed by atoms with van der Waals surface area (Å²) in [4.78, 5) is 12.9. The molecule has 0 fully saturated rings. The first-order chi connectivity index (χ1) is 14.2. The lowest BCUT2D eigenvalue weighted by Crippen LogP contribution is -1.96. The minimum atomic E-state index is 0.408. The van der Waals surface area contributed by atoms with Gasteiger partial charge in [0.05, 0.1) is 6.20 Å². The summed E-state index contributed by atoms with van der Waals surface area (Å²) in [7, 11) is 0. The Kier molecular flexibility index (Phi) is 4.18. The third-order valence-corrected chi connectivity index (χ3v) is 4.48. The van der Waals surface area contributed by atoms with Crippen LogP contribution in [0.2, 0.25) is 0 Å². The molecule has 0 radical (unpaired) electrons. The highest BCUT2D eigenvalue weighted by Crippen LogP contribution is 2.29. The second-order valence-corrected chi connectivity index (χ2v) is 6.54. The third kappa shape index (κ3) is 3.53. The number of nitrogens with one attached hydrogen (secondary N) is 2. The fourth-order valence-electron chi connectivity index (χ4n) is 2.97. The molecular formula is C22H17N5O2. The third-order valence-electron chi connectivity index (χ3n) is 4.48. The Hall–Kier alpha value is -4.13. The lowest BCUT2D eigenvalue weighted by Gasteiger charge is -2.09. The molecule has 7 nitrogen and oxygen atoms in total. The van der Waals surface area contributed by atoms with Crippen molar-refractivity contribution < 1.29 is 8.83 Å². The molecule has 3 aromatic heterocycles. The summed E-state index contributed by atoms with van der Waals surface area (Å²) in [5.41, 5.74) is 5.17. The number of anilines is 4. The summed E-state index contributed by atoms with van der Waals surface area (Å²) >= 11 is 0. The predicted molar refractivity (Wildman–Crippen MR) is 111 cm³/mol. The molecule has 0 aliphatic carbocycles. The average Bonchev–Trinajstić information content (AvgIpc) is 3.37. The molecule has 0 saturated carbocycles. The van der Waals surface area contributed by atoms with Crippen molar-refractivity contribution in [2.45, 2.75) is 6.92 Å². The monoisotopic (exact) mass is 383 g/mol. The Balaban J connectivity index is 1.37. The molecule has 5 rings (SSSR count). The fraction of sp³-hybridized carbons (Fsp3) is 0.0455. The zero-order valence-corrected chi connectivity index (χ0v) is 15.6. The molecule has 0 aliphatic heterocycles. The molecule has 7 heteroatoms. The Bertz CT molecular complexity index is 1240. The molecule has 2 N–H and O–H groups in total. The number of rotatable bonds is 5. The molecule has 3 heterocycles. The molecule has 142 valence electrons. The Morgan fingerprint density at radius 1 is 0.862 bits per heavy atom. The summed E-state index contributed by atoms with van der Waals surface area (Å²) < 4.78 is 11.5. The lowest BCUT2D eigenvalue weighted by molar-refractivity contribution is 0.591. The van der Waals surface area contributed by atoms with Crippen molar-refractivity contribution >= 4 is 34.5 Å². The number of oxazole rings is 2. The Morgan fingerprint density at radius 2 is 1.79 bits per heavy atom. The number of aromatic nitrogens is 3. The molecule has 5 aromatic rings. The standard InChI is InChI=1S/C22H17N5O2/c1-14-8-9-16(25-22-26-17-6-2-3-7-19(17)28-22)11-18(14)27-21-24-13-20(29-21)15-5-4-10-23-12-15/h2-13H,1H3,(H,24,27)(H,25,26). The van der Waals surface area contributed by atoms with Crippen LogP contribution in [-0.2, 0) is 0 Å². The summed E-state index contributed by atoms with van der Waals surface area (Å²) in [5, 5.41) is 6.43. The molecule has 2 aromatic carbocycles. The Morgan fingerprint density at radius 3 is 2.66 bits per heavy atom. The first kappa shape index (κ1) is 17.0. The van der Waals surface area contributed by atoms with E-state index in [9.17, 15) is 0 Å². The molecule has 29 heavy (non-hydrogen) atoms. The SMILES string of the molecule is Cc1ccc(Nc2nc3ccccc3o2)cc1Nc1ncc(-c2cccnc2)o1. The van der Waals surface area contributed by atoms with Crippen LogP contribution in [0.5, 0.6) is 0 Å². The van der Waals surface area contributed by atoms with E-state index in [1.807, 2.05) is 61.5 Å². The number of benzene rings is 2. The average molecular weight is 383 g/mol. The lowest BCUT2D eigenvalue weighted by atomic mass is 10.2. The van der Waals surface area contributed by atoms with E-state index in [1.54, 1.807) is 18.6 Å². The van der Waals surface area contributed by atoms with Crippen LogP contribution >= 0.6 is 0 Å². The van der Waals surface area contributed by atoms with Gasteiger partial charge in [-0.3, -0.25) is 4.98 Å². The number of hydrogen-bond donors (Lipinski definition) is 2. The molecule has 0 bridgehead atoms. The maximum absolute atomic E-state index is 5.81. The highest BCUT2D eigenvalue weighted by atomic mass is 16.4. The smallest absolute Gasteiger partial charge is 0.300 e. The molecule has 0 saturated heterocycles. The van der Waals surface area contributed by atoms with Crippen LogP contribution < -0.4 is 10.6 Å². The van der Waals surface area contributed by atoms with Gasteiger partial charge in [0, 0.05) is 29.3 Å². The number of aryl methyl sites for hydroxylation is 1. The highest BCUT2D eigenvalue weighted by Gasteiger charge is 2.10. The summed E-state index contributed by atoms with van der Waals surface area (Å²) in [6.07, 6.45) is 5.13. The van der Waals surface area contributed by atoms with Gasteiger partial charge in [-0.25, -0.2) is 4.98 Å². The van der Waals surface area contributed by atoms with Gasteiger partial charge in [0.1, 0.15) is 5.52 Å². The van der Waals surface area contributed by atoms with Crippen molar-refractivity contribution in [1.29, 1.82) is 0 Å². The second-order valence-electron chi connectivity index (χ2n) is 6.54. The van der Waals surface area contributed by atoms with E-state index in [1.165, 1.54) is 0 Å². The van der Waals surface area contributed by atoms with Gasteiger partial charge >= 0.3 is 0 Å². The van der Waals surface area contributed by atoms with Crippen molar-refractivity contribution in [3.63, 3.8) is 0 Å². The predicted octanol–water partition coefficient (Wildman–Crippen LogP) is 5.67. The minimum absolute atomic E-state index is 0.408. The van der Waals surface area contributed by atoms with Crippen molar-refractivity contribution in [2.75, 3.05) is 10.6 Å². The van der Waals surface area contributed by atoms with E-state index in [4.69, 9.17) is 8.83 Å². The van der Waals surface area contributed by atoms with Gasteiger partial charge in [-0.15, -0.1) is 0 Å². The van der Waals surface area contributed by atoms with Crippen LogP contribution in [0.3, 0.4) is 0 Å². The molecular weight excluding hydrogens is 366 g/mol. The first-order valence-corrected chi connectivity index (χ1v) is 9.11. The van der Waals surface area contributed by atoms with E-state index in [0.29, 0.717) is 17.8 Å². The molecule has 0 atom stereocenters. The first-order valence-electron chi connectivity index (χ1n) is 9.11. The summed E-state index contributed by atoms with van der Waals surface area (Å²) in [6.45, 7) is 2.01. The van der Waals surface area contributed by atoms with E-state index >= 15 is 0 Å². The molecule has 0 amide bonds. The van der Waals surface area contributed by atoms with E-state index in [0.717, 1.165) is 33.6 Å². The molecule has 0 spiro atoms. The van der Waals surface area contributed by atoms with Gasteiger partial charge in [-0.05, 0) is 48.9 Å². The van der Waals surface area contributed by atoms with Gasteiger partial charge in [0.25, 0.3) is 12.0 Å². The quantitative estimate of drug-likeness (QED) is 0.404. The number of para-hydroxylation sites is 2. The Labute approximate surface area is 166 Å². The van der Waals surface area contributed by atoms with Crippen LogP contribution in [0.15, 0.2) is 82.0 Å². The van der Waals surface area contributed by atoms with Gasteiger partial charge in [0.15, 0.2) is 11.3 Å². The maximum atomic E-state index is 5.81. The van der Waals surface area contributed by atoms with E-state index in [-0.39, 0.29) is 0 Å². The summed E-state index contributed by atoms with van der Waals surface area (Å²) in [5.74, 6) is 0.652. The molecule has 0 unspecified atom stereocenters. The van der Waals surface area contributed by atoms with Crippen molar-refractivity contribution in [3.8, 4) is 11.3 Å².